The minimum absolute atomic E-state index is 0.0328. The van der Waals surface area contributed by atoms with Crippen LogP contribution in [0.4, 0.5) is 4.79 Å². The summed E-state index contributed by atoms with van der Waals surface area (Å²) >= 11 is 0. The van der Waals surface area contributed by atoms with Gasteiger partial charge in [0.2, 0.25) is 5.91 Å². The van der Waals surface area contributed by atoms with Crippen molar-refractivity contribution in [1.29, 1.82) is 0 Å². The van der Waals surface area contributed by atoms with E-state index in [-0.39, 0.29) is 24.8 Å². The summed E-state index contributed by atoms with van der Waals surface area (Å²) in [5, 5.41) is 0. The molecule has 2 N–H and O–H groups in total. The number of hydrogen-bond acceptors (Lipinski definition) is 6. The molecule has 8 heteroatoms. The van der Waals surface area contributed by atoms with Gasteiger partial charge >= 0.3 is 12.1 Å². The average Bonchev–Trinajstić information content (AvgIpc) is 3.41. The molecule has 4 atom stereocenters. The van der Waals surface area contributed by atoms with Gasteiger partial charge in [-0.3, -0.25) is 9.69 Å². The molecular formula is C23H31N3O5. The number of benzene rings is 1. The van der Waals surface area contributed by atoms with Crippen LogP contribution in [-0.4, -0.2) is 59.6 Å². The molecule has 1 aromatic carbocycles. The summed E-state index contributed by atoms with van der Waals surface area (Å²) in [5.74, 6) is -0.894. The highest BCUT2D eigenvalue weighted by atomic mass is 16.6. The lowest BCUT2D eigenvalue weighted by atomic mass is 9.98. The van der Waals surface area contributed by atoms with Gasteiger partial charge in [-0.05, 0) is 22.6 Å². The van der Waals surface area contributed by atoms with Crippen molar-refractivity contribution < 1.29 is 23.9 Å². The maximum atomic E-state index is 12.9. The van der Waals surface area contributed by atoms with Crippen LogP contribution >= 0.6 is 0 Å². The lowest BCUT2D eigenvalue weighted by Gasteiger charge is -2.27. The number of carbonyl (C=O) groups is 3. The molecule has 0 spiro atoms. The number of rotatable bonds is 6. The Kier molecular flexibility index (Phi) is 7.00. The Hall–Kier alpha value is -2.87. The fraction of sp³-hybridized carbons (Fsp3) is 0.522. The number of carbonyl (C=O) groups excluding carboxylic acids is 3. The zero-order valence-electron chi connectivity index (χ0n) is 18.4. The summed E-state index contributed by atoms with van der Waals surface area (Å²) in [6.45, 7) is 8.68. The van der Waals surface area contributed by atoms with Crippen molar-refractivity contribution in [2.45, 2.75) is 58.0 Å². The fourth-order valence-electron chi connectivity index (χ4n) is 4.16. The third kappa shape index (κ3) is 4.58. The van der Waals surface area contributed by atoms with E-state index in [1.165, 1.54) is 12.0 Å². The number of nitrogens with zero attached hydrogens (tertiary/aromatic N) is 2. The van der Waals surface area contributed by atoms with Gasteiger partial charge in [0.1, 0.15) is 12.1 Å². The minimum Gasteiger partial charge on any atom is -0.467 e. The first-order valence-electron chi connectivity index (χ1n) is 10.6. The van der Waals surface area contributed by atoms with Gasteiger partial charge in [-0.25, -0.2) is 9.59 Å². The molecule has 2 amide bonds. The Balaban J connectivity index is 1.68. The number of nitrogens with two attached hydrogens (primary N) is 1. The van der Waals surface area contributed by atoms with E-state index in [0.717, 1.165) is 23.1 Å². The second kappa shape index (κ2) is 9.51. The van der Waals surface area contributed by atoms with Crippen molar-refractivity contribution in [3.8, 4) is 0 Å². The van der Waals surface area contributed by atoms with Gasteiger partial charge in [-0.15, -0.1) is 0 Å². The third-order valence-electron chi connectivity index (χ3n) is 6.33. The Labute approximate surface area is 183 Å². The van der Waals surface area contributed by atoms with E-state index in [1.54, 1.807) is 11.0 Å². The van der Waals surface area contributed by atoms with E-state index in [2.05, 4.69) is 6.58 Å². The maximum Gasteiger partial charge on any atom is 0.410 e. The molecule has 0 radical (unpaired) electrons. The van der Waals surface area contributed by atoms with Gasteiger partial charge in [-0.1, -0.05) is 51.1 Å². The molecule has 0 saturated carbocycles. The normalized spacial score (nSPS) is 21.9. The van der Waals surface area contributed by atoms with Gasteiger partial charge in [-0.2, -0.15) is 0 Å². The molecule has 168 valence electrons. The van der Waals surface area contributed by atoms with Crippen LogP contribution in [0.1, 0.15) is 43.4 Å². The summed E-state index contributed by atoms with van der Waals surface area (Å²) < 4.78 is 10.6. The Bertz CT molecular complexity index is 871. The summed E-state index contributed by atoms with van der Waals surface area (Å²) in [5.41, 5.74) is 9.22. The van der Waals surface area contributed by atoms with E-state index < -0.39 is 30.3 Å². The van der Waals surface area contributed by atoms with Crippen molar-refractivity contribution >= 4 is 24.0 Å². The predicted octanol–water partition coefficient (Wildman–Crippen LogP) is 2.30. The van der Waals surface area contributed by atoms with Gasteiger partial charge in [0, 0.05) is 13.0 Å². The van der Waals surface area contributed by atoms with Crippen LogP contribution in [0.2, 0.25) is 0 Å². The van der Waals surface area contributed by atoms with Gasteiger partial charge in [0.05, 0.1) is 26.2 Å². The zero-order valence-corrected chi connectivity index (χ0v) is 18.4. The van der Waals surface area contributed by atoms with E-state index >= 15 is 0 Å². The second-order valence-corrected chi connectivity index (χ2v) is 8.23. The highest BCUT2D eigenvalue weighted by Gasteiger charge is 2.44. The molecular weight excluding hydrogens is 398 g/mol. The molecule has 2 aliphatic heterocycles. The highest BCUT2D eigenvalue weighted by Crippen LogP contribution is 2.29. The highest BCUT2D eigenvalue weighted by molar-refractivity contribution is 5.88. The van der Waals surface area contributed by atoms with E-state index in [0.29, 0.717) is 13.1 Å². The predicted molar refractivity (Wildman–Crippen MR) is 116 cm³/mol. The van der Waals surface area contributed by atoms with Crippen molar-refractivity contribution in [2.24, 2.45) is 11.7 Å². The Morgan fingerprint density at radius 1 is 1.32 bits per heavy atom. The average molecular weight is 430 g/mol. The van der Waals surface area contributed by atoms with Crippen LogP contribution in [0, 0.1) is 5.92 Å². The largest absolute Gasteiger partial charge is 0.467 e. The number of ether oxygens (including phenoxy) is 2. The number of esters is 1. The standard InChI is InChI=1S/C23H31N3O5/c1-5-14(3)20(24)21(27)26-12-17(10-19(26)22(28)30-4)31-23(29)25-11-16-9-7-8-15(6-2)18(16)13-25/h6-9,14,17,19-20H,2,5,10-13,24H2,1,3-4H3/t14-,17+,19-,20-/m0/s1. The second-order valence-electron chi connectivity index (χ2n) is 8.23. The van der Waals surface area contributed by atoms with Crippen LogP contribution in [0.5, 0.6) is 0 Å². The van der Waals surface area contributed by atoms with Gasteiger partial charge in [0.25, 0.3) is 0 Å². The molecule has 2 aliphatic rings. The van der Waals surface area contributed by atoms with Crippen molar-refractivity contribution in [3.63, 3.8) is 0 Å². The molecule has 0 unspecified atom stereocenters. The van der Waals surface area contributed by atoms with E-state index in [9.17, 15) is 14.4 Å². The first-order valence-corrected chi connectivity index (χ1v) is 10.6. The van der Waals surface area contributed by atoms with Crippen LogP contribution in [0.3, 0.4) is 0 Å². The summed E-state index contributed by atoms with van der Waals surface area (Å²) in [6, 6.07) is 4.34. The molecule has 3 rings (SSSR count). The van der Waals surface area contributed by atoms with Crippen LogP contribution < -0.4 is 5.73 Å². The Morgan fingerprint density at radius 3 is 2.71 bits per heavy atom. The van der Waals surface area contributed by atoms with Crippen molar-refractivity contribution in [2.75, 3.05) is 13.7 Å². The zero-order chi connectivity index (χ0) is 22.7. The topological polar surface area (TPSA) is 102 Å². The molecule has 0 aromatic heterocycles. The number of amides is 2. The molecule has 0 aliphatic carbocycles. The summed E-state index contributed by atoms with van der Waals surface area (Å²) in [6.07, 6.45) is 1.63. The first-order chi connectivity index (χ1) is 14.8. The monoisotopic (exact) mass is 429 g/mol. The fourth-order valence-corrected chi connectivity index (χ4v) is 4.16. The SMILES string of the molecule is C=Cc1cccc2c1CN(C(=O)O[C@@H]1C[C@@H](C(=O)OC)N(C(=O)[C@@H](N)[C@@H](C)CC)C1)C2. The van der Waals surface area contributed by atoms with Crippen LogP contribution in [0.25, 0.3) is 6.08 Å². The molecule has 1 fully saturated rings. The molecule has 0 bridgehead atoms. The van der Waals surface area contributed by atoms with E-state index in [4.69, 9.17) is 15.2 Å². The number of methoxy groups -OCH3 is 1. The number of hydrogen-bond donors (Lipinski definition) is 1. The Morgan fingerprint density at radius 2 is 2.06 bits per heavy atom. The van der Waals surface area contributed by atoms with E-state index in [1.807, 2.05) is 32.0 Å². The van der Waals surface area contributed by atoms with Crippen LogP contribution in [-0.2, 0) is 32.2 Å². The summed E-state index contributed by atoms with van der Waals surface area (Å²) in [4.78, 5) is 41.0. The molecule has 8 nitrogen and oxygen atoms in total. The molecule has 1 saturated heterocycles. The summed E-state index contributed by atoms with van der Waals surface area (Å²) in [7, 11) is 1.28. The maximum absolute atomic E-state index is 12.9. The molecule has 2 heterocycles. The first kappa shape index (κ1) is 22.8. The molecule has 31 heavy (non-hydrogen) atoms. The lowest BCUT2D eigenvalue weighted by molar-refractivity contribution is -0.151. The quantitative estimate of drug-likeness (QED) is 0.696. The smallest absolute Gasteiger partial charge is 0.410 e. The van der Waals surface area contributed by atoms with Gasteiger partial charge < -0.3 is 20.1 Å². The molecule has 1 aromatic rings. The van der Waals surface area contributed by atoms with Crippen molar-refractivity contribution in [1.82, 2.24) is 9.80 Å². The third-order valence-corrected chi connectivity index (χ3v) is 6.33. The van der Waals surface area contributed by atoms with Gasteiger partial charge in [0.15, 0.2) is 0 Å². The number of likely N-dealkylation sites (tertiary alicyclic amines) is 1. The van der Waals surface area contributed by atoms with Crippen LogP contribution in [0.15, 0.2) is 24.8 Å². The van der Waals surface area contributed by atoms with Crippen molar-refractivity contribution in [3.05, 3.63) is 41.5 Å². The minimum atomic E-state index is -0.812. The number of fused-ring (bicyclic) bond motifs is 1. The lowest BCUT2D eigenvalue weighted by Crippen LogP contribution is -2.51.